The van der Waals surface area contributed by atoms with Crippen LogP contribution in [0, 0.1) is 17.4 Å². The molecule has 0 aromatic carbocycles. The first-order chi connectivity index (χ1) is 7.52. The fraction of sp³-hybridized carbons (Fsp3) is 0.222. The molecule has 0 fully saturated rings. The highest BCUT2D eigenvalue weighted by Crippen LogP contribution is 2.19. The molecule has 0 aliphatic carbocycles. The number of anilines is 1. The van der Waals surface area contributed by atoms with Crippen molar-refractivity contribution in [2.75, 3.05) is 5.73 Å². The molecule has 0 atom stereocenters. The third kappa shape index (κ3) is 1.60. The van der Waals surface area contributed by atoms with Gasteiger partial charge in [0.15, 0.2) is 5.82 Å². The van der Waals surface area contributed by atoms with Crippen molar-refractivity contribution in [3.8, 4) is 5.82 Å². The zero-order chi connectivity index (χ0) is 11.9. The minimum atomic E-state index is -0.184. The Balaban J connectivity index is 2.73. The molecular formula is C9H10IN5O. The lowest BCUT2D eigenvalue weighted by Gasteiger charge is -2.04. The first-order valence-electron chi connectivity index (χ1n) is 4.57. The highest BCUT2D eigenvalue weighted by Gasteiger charge is 2.14. The van der Waals surface area contributed by atoms with E-state index in [1.165, 1.54) is 6.33 Å². The number of aromatic amines is 1. The van der Waals surface area contributed by atoms with Gasteiger partial charge in [0.1, 0.15) is 3.57 Å². The van der Waals surface area contributed by atoms with Crippen molar-refractivity contribution < 1.29 is 0 Å². The fourth-order valence-electron chi connectivity index (χ4n) is 1.38. The predicted octanol–water partition coefficient (Wildman–Crippen LogP) is 0.759. The van der Waals surface area contributed by atoms with E-state index in [4.69, 9.17) is 5.73 Å². The second-order valence-corrected chi connectivity index (χ2v) is 4.44. The Morgan fingerprint density at radius 1 is 1.50 bits per heavy atom. The number of nitrogens with zero attached hydrogens (tertiary/aromatic N) is 3. The van der Waals surface area contributed by atoms with Gasteiger partial charge in [-0.2, -0.15) is 5.10 Å². The van der Waals surface area contributed by atoms with Gasteiger partial charge >= 0.3 is 0 Å². The summed E-state index contributed by atoms with van der Waals surface area (Å²) in [6.45, 7) is 3.66. The molecule has 0 saturated carbocycles. The Kier molecular flexibility index (Phi) is 2.70. The number of hydrogen-bond acceptors (Lipinski definition) is 4. The maximum Gasteiger partial charge on any atom is 0.266 e. The standard InChI is InChI=1S/C9H10IN5O/c1-4-7(11)5(2)15(14-4)8-6(10)9(16)13-3-12-8/h3H,11H2,1-2H3,(H,12,13,16). The predicted molar refractivity (Wildman–Crippen MR) is 68.6 cm³/mol. The molecule has 0 spiro atoms. The summed E-state index contributed by atoms with van der Waals surface area (Å²) in [5.41, 5.74) is 7.79. The lowest BCUT2D eigenvalue weighted by molar-refractivity contribution is 0.791. The summed E-state index contributed by atoms with van der Waals surface area (Å²) in [4.78, 5) is 18.1. The molecule has 0 amide bonds. The minimum absolute atomic E-state index is 0.184. The average Bonchev–Trinajstić information content (AvgIpc) is 2.50. The summed E-state index contributed by atoms with van der Waals surface area (Å²) >= 11 is 1.94. The van der Waals surface area contributed by atoms with Crippen LogP contribution in [-0.4, -0.2) is 19.7 Å². The molecule has 2 heterocycles. The van der Waals surface area contributed by atoms with Crippen LogP contribution in [0.15, 0.2) is 11.1 Å². The molecule has 16 heavy (non-hydrogen) atoms. The largest absolute Gasteiger partial charge is 0.396 e. The van der Waals surface area contributed by atoms with Crippen LogP contribution in [0.25, 0.3) is 5.82 Å². The monoisotopic (exact) mass is 331 g/mol. The number of nitrogens with one attached hydrogen (secondary N) is 1. The third-order valence-corrected chi connectivity index (χ3v) is 3.30. The molecular weight excluding hydrogens is 321 g/mol. The number of halogens is 1. The molecule has 0 aliphatic heterocycles. The van der Waals surface area contributed by atoms with Crippen LogP contribution >= 0.6 is 22.6 Å². The highest BCUT2D eigenvalue weighted by molar-refractivity contribution is 14.1. The zero-order valence-corrected chi connectivity index (χ0v) is 10.9. The molecule has 84 valence electrons. The van der Waals surface area contributed by atoms with Crippen molar-refractivity contribution in [1.29, 1.82) is 0 Å². The molecule has 7 heteroatoms. The van der Waals surface area contributed by atoms with Crippen LogP contribution in [0.5, 0.6) is 0 Å². The number of nitrogens with two attached hydrogens (primary N) is 1. The lowest BCUT2D eigenvalue weighted by atomic mass is 10.3. The summed E-state index contributed by atoms with van der Waals surface area (Å²) in [6, 6.07) is 0. The Morgan fingerprint density at radius 3 is 2.75 bits per heavy atom. The van der Waals surface area contributed by atoms with E-state index in [0.29, 0.717) is 15.1 Å². The topological polar surface area (TPSA) is 89.6 Å². The van der Waals surface area contributed by atoms with E-state index in [0.717, 1.165) is 11.4 Å². The summed E-state index contributed by atoms with van der Waals surface area (Å²) in [5.74, 6) is 0.502. The van der Waals surface area contributed by atoms with Gasteiger partial charge in [-0.3, -0.25) is 4.79 Å². The SMILES string of the molecule is Cc1nn(-c2nc[nH]c(=O)c2I)c(C)c1N. The number of aromatic nitrogens is 4. The third-order valence-electron chi connectivity index (χ3n) is 2.33. The molecule has 0 bridgehead atoms. The molecule has 6 nitrogen and oxygen atoms in total. The average molecular weight is 331 g/mol. The van der Waals surface area contributed by atoms with E-state index >= 15 is 0 Å². The van der Waals surface area contributed by atoms with Crippen molar-refractivity contribution in [1.82, 2.24) is 19.7 Å². The Bertz CT molecular complexity index is 600. The summed E-state index contributed by atoms with van der Waals surface area (Å²) in [7, 11) is 0. The smallest absolute Gasteiger partial charge is 0.266 e. The van der Waals surface area contributed by atoms with Gasteiger partial charge in [-0.1, -0.05) is 0 Å². The van der Waals surface area contributed by atoms with Gasteiger partial charge in [0.25, 0.3) is 5.56 Å². The van der Waals surface area contributed by atoms with Gasteiger partial charge < -0.3 is 10.7 Å². The molecule has 0 radical (unpaired) electrons. The number of aryl methyl sites for hydroxylation is 1. The van der Waals surface area contributed by atoms with E-state index in [2.05, 4.69) is 15.1 Å². The van der Waals surface area contributed by atoms with Gasteiger partial charge in [-0.05, 0) is 36.4 Å². The zero-order valence-electron chi connectivity index (χ0n) is 8.78. The summed E-state index contributed by atoms with van der Waals surface area (Å²) in [6.07, 6.45) is 1.35. The Morgan fingerprint density at radius 2 is 2.19 bits per heavy atom. The van der Waals surface area contributed by atoms with E-state index in [1.54, 1.807) is 4.68 Å². The Labute approximate surface area is 105 Å². The van der Waals surface area contributed by atoms with Crippen LogP contribution in [0.2, 0.25) is 0 Å². The van der Waals surface area contributed by atoms with E-state index < -0.39 is 0 Å². The van der Waals surface area contributed by atoms with Gasteiger partial charge in [-0.15, -0.1) is 0 Å². The molecule has 3 N–H and O–H groups in total. The number of nitrogen functional groups attached to an aromatic ring is 1. The fourth-order valence-corrected chi connectivity index (χ4v) is 1.91. The second-order valence-electron chi connectivity index (χ2n) is 3.37. The van der Waals surface area contributed by atoms with Crippen molar-refractivity contribution in [2.45, 2.75) is 13.8 Å². The van der Waals surface area contributed by atoms with Gasteiger partial charge in [0, 0.05) is 0 Å². The van der Waals surface area contributed by atoms with Crippen LogP contribution in [0.3, 0.4) is 0 Å². The summed E-state index contributed by atoms with van der Waals surface area (Å²) < 4.78 is 2.08. The normalized spacial score (nSPS) is 10.7. The van der Waals surface area contributed by atoms with Gasteiger partial charge in [0.2, 0.25) is 0 Å². The molecule has 2 rings (SSSR count). The molecule has 0 unspecified atom stereocenters. The number of hydrogen-bond donors (Lipinski definition) is 2. The highest BCUT2D eigenvalue weighted by atomic mass is 127. The second kappa shape index (κ2) is 3.89. The molecule has 0 saturated heterocycles. The van der Waals surface area contributed by atoms with Gasteiger partial charge in [-0.25, -0.2) is 9.67 Å². The maximum atomic E-state index is 11.4. The first-order valence-corrected chi connectivity index (χ1v) is 5.65. The van der Waals surface area contributed by atoms with Gasteiger partial charge in [0.05, 0.1) is 23.4 Å². The van der Waals surface area contributed by atoms with Crippen LogP contribution in [-0.2, 0) is 0 Å². The maximum absolute atomic E-state index is 11.4. The van der Waals surface area contributed by atoms with Crippen molar-refractivity contribution >= 4 is 28.3 Å². The first kappa shape index (κ1) is 11.1. The van der Waals surface area contributed by atoms with Crippen LogP contribution < -0.4 is 11.3 Å². The van der Waals surface area contributed by atoms with Crippen LogP contribution in [0.1, 0.15) is 11.4 Å². The summed E-state index contributed by atoms with van der Waals surface area (Å²) in [5, 5.41) is 4.25. The van der Waals surface area contributed by atoms with Crippen molar-refractivity contribution in [3.63, 3.8) is 0 Å². The lowest BCUT2D eigenvalue weighted by Crippen LogP contribution is -2.16. The van der Waals surface area contributed by atoms with Crippen molar-refractivity contribution in [3.05, 3.63) is 31.6 Å². The number of rotatable bonds is 1. The molecule has 2 aromatic heterocycles. The quantitative estimate of drug-likeness (QED) is 0.755. The Hall–Kier alpha value is -1.38. The minimum Gasteiger partial charge on any atom is -0.396 e. The van der Waals surface area contributed by atoms with Crippen molar-refractivity contribution in [2.24, 2.45) is 0 Å². The van der Waals surface area contributed by atoms with E-state index in [-0.39, 0.29) is 5.56 Å². The van der Waals surface area contributed by atoms with E-state index in [1.807, 2.05) is 36.4 Å². The number of H-pyrrole nitrogens is 1. The molecule has 0 aliphatic rings. The molecule has 2 aromatic rings. The van der Waals surface area contributed by atoms with Crippen LogP contribution in [0.4, 0.5) is 5.69 Å². The van der Waals surface area contributed by atoms with E-state index in [9.17, 15) is 4.79 Å².